The molecule has 0 unspecified atom stereocenters. The molecule has 0 bridgehead atoms. The molecule has 0 heterocycles. The quantitative estimate of drug-likeness (QED) is 0.828. The first-order valence-corrected chi connectivity index (χ1v) is 7.34. The molecule has 0 spiro atoms. The van der Waals surface area contributed by atoms with Crippen molar-refractivity contribution in [2.24, 2.45) is 11.1 Å². The summed E-state index contributed by atoms with van der Waals surface area (Å²) in [4.78, 5) is 0. The second-order valence-corrected chi connectivity index (χ2v) is 6.27. The van der Waals surface area contributed by atoms with Crippen molar-refractivity contribution in [3.8, 4) is 11.5 Å². The largest absolute Gasteiger partial charge is 0.495 e. The summed E-state index contributed by atoms with van der Waals surface area (Å²) < 4.78 is 11.7. The van der Waals surface area contributed by atoms with Gasteiger partial charge in [0.25, 0.3) is 0 Å². The number of ether oxygens (including phenoxy) is 2. The van der Waals surface area contributed by atoms with Gasteiger partial charge in [0.15, 0.2) is 0 Å². The van der Waals surface area contributed by atoms with Gasteiger partial charge in [0.1, 0.15) is 16.0 Å². The first-order valence-electron chi connectivity index (χ1n) is 6.54. The van der Waals surface area contributed by atoms with Crippen LogP contribution in [0.1, 0.15) is 32.3 Å². The number of methoxy groups -OCH3 is 2. The monoisotopic (exact) mass is 329 g/mol. The molecule has 0 amide bonds. The number of halogens is 1. The highest BCUT2D eigenvalue weighted by Gasteiger charge is 2.19. The molecule has 1 aromatic carbocycles. The lowest BCUT2D eigenvalue weighted by atomic mass is 9.83. The number of hydrogen-bond donors (Lipinski definition) is 1. The molecule has 2 N–H and O–H groups in total. The van der Waals surface area contributed by atoms with Gasteiger partial charge in [0, 0.05) is 0 Å². The summed E-state index contributed by atoms with van der Waals surface area (Å²) in [5, 5.41) is 0. The zero-order valence-electron chi connectivity index (χ0n) is 12.3. The molecule has 0 saturated heterocycles. The summed E-state index contributed by atoms with van der Waals surface area (Å²) in [6, 6.07) is 4.04. The van der Waals surface area contributed by atoms with Crippen molar-refractivity contribution < 1.29 is 9.47 Å². The molecule has 1 rings (SSSR count). The van der Waals surface area contributed by atoms with E-state index < -0.39 is 0 Å². The number of hydrogen-bond acceptors (Lipinski definition) is 3. The Morgan fingerprint density at radius 3 is 2.37 bits per heavy atom. The number of aryl methyl sites for hydroxylation is 1. The summed E-state index contributed by atoms with van der Waals surface area (Å²) in [5.74, 6) is 1.66. The lowest BCUT2D eigenvalue weighted by Crippen LogP contribution is -2.18. The number of rotatable bonds is 7. The van der Waals surface area contributed by atoms with Gasteiger partial charge in [-0.05, 0) is 58.8 Å². The Hall–Kier alpha value is -0.740. The average molecular weight is 330 g/mol. The van der Waals surface area contributed by atoms with Gasteiger partial charge in [-0.2, -0.15) is 0 Å². The van der Waals surface area contributed by atoms with E-state index in [9.17, 15) is 0 Å². The smallest absolute Gasteiger partial charge is 0.139 e. The van der Waals surface area contributed by atoms with E-state index in [0.29, 0.717) is 0 Å². The normalized spacial score (nSPS) is 11.5. The fraction of sp³-hybridized carbons (Fsp3) is 0.600. The van der Waals surface area contributed by atoms with Crippen molar-refractivity contribution in [3.05, 3.63) is 22.2 Å². The lowest BCUT2D eigenvalue weighted by Gasteiger charge is -2.24. The molecular weight excluding hydrogens is 306 g/mol. The summed E-state index contributed by atoms with van der Waals surface area (Å²) in [5.41, 5.74) is 7.10. The van der Waals surface area contributed by atoms with E-state index in [-0.39, 0.29) is 5.41 Å². The van der Waals surface area contributed by atoms with Crippen LogP contribution in [0.25, 0.3) is 0 Å². The molecule has 0 saturated carbocycles. The fourth-order valence-corrected chi connectivity index (χ4v) is 2.85. The van der Waals surface area contributed by atoms with Crippen molar-refractivity contribution in [3.63, 3.8) is 0 Å². The molecule has 4 heteroatoms. The van der Waals surface area contributed by atoms with Crippen LogP contribution in [0.5, 0.6) is 11.5 Å². The predicted octanol–water partition coefficient (Wildman–Crippen LogP) is 3.77. The first-order chi connectivity index (χ1) is 8.95. The second kappa shape index (κ2) is 7.15. The topological polar surface area (TPSA) is 44.5 Å². The third kappa shape index (κ3) is 4.39. The predicted molar refractivity (Wildman–Crippen MR) is 83.0 cm³/mol. The minimum atomic E-state index is 0.256. The van der Waals surface area contributed by atoms with Gasteiger partial charge in [-0.15, -0.1) is 0 Å². The van der Waals surface area contributed by atoms with Gasteiger partial charge in [-0.3, -0.25) is 0 Å². The Morgan fingerprint density at radius 1 is 1.16 bits per heavy atom. The third-order valence-electron chi connectivity index (χ3n) is 3.46. The van der Waals surface area contributed by atoms with Gasteiger partial charge in [-0.1, -0.05) is 19.9 Å². The summed E-state index contributed by atoms with van der Waals surface area (Å²) >= 11 is 3.53. The minimum Gasteiger partial charge on any atom is -0.495 e. The Kier molecular flexibility index (Phi) is 6.14. The van der Waals surface area contributed by atoms with Crippen LogP contribution in [0.3, 0.4) is 0 Å². The van der Waals surface area contributed by atoms with Crippen LogP contribution >= 0.6 is 15.9 Å². The molecule has 0 fully saturated rings. The Morgan fingerprint density at radius 2 is 1.84 bits per heavy atom. The number of benzene rings is 1. The molecule has 0 aliphatic carbocycles. The fourth-order valence-electron chi connectivity index (χ4n) is 2.14. The zero-order valence-corrected chi connectivity index (χ0v) is 13.8. The molecule has 0 atom stereocenters. The lowest BCUT2D eigenvalue weighted by molar-refractivity contribution is 0.310. The Labute approximate surface area is 124 Å². The highest BCUT2D eigenvalue weighted by Crippen LogP contribution is 2.38. The molecule has 108 valence electrons. The number of nitrogens with two attached hydrogens (primary N) is 1. The van der Waals surface area contributed by atoms with Gasteiger partial charge >= 0.3 is 0 Å². The molecular formula is C15H24BrNO2. The van der Waals surface area contributed by atoms with E-state index in [1.54, 1.807) is 14.2 Å². The van der Waals surface area contributed by atoms with Crippen molar-refractivity contribution in [2.45, 2.75) is 33.1 Å². The van der Waals surface area contributed by atoms with Crippen LogP contribution < -0.4 is 15.2 Å². The summed E-state index contributed by atoms with van der Waals surface area (Å²) in [7, 11) is 3.34. The SMILES string of the molecule is COc1ccc(CCC(C)(C)CCN)c(OC)c1Br. The van der Waals surface area contributed by atoms with Crippen molar-refractivity contribution in [2.75, 3.05) is 20.8 Å². The van der Waals surface area contributed by atoms with Crippen LogP contribution in [0.4, 0.5) is 0 Å². The highest BCUT2D eigenvalue weighted by molar-refractivity contribution is 9.10. The summed E-state index contributed by atoms with van der Waals surface area (Å²) in [6.45, 7) is 5.24. The third-order valence-corrected chi connectivity index (χ3v) is 4.21. The molecule has 1 aromatic rings. The maximum atomic E-state index is 5.65. The minimum absolute atomic E-state index is 0.256. The molecule has 0 aromatic heterocycles. The Balaban J connectivity index is 2.87. The molecule has 0 radical (unpaired) electrons. The molecule has 0 aliphatic rings. The first kappa shape index (κ1) is 16.3. The van der Waals surface area contributed by atoms with E-state index in [4.69, 9.17) is 15.2 Å². The van der Waals surface area contributed by atoms with Crippen LogP contribution in [-0.2, 0) is 6.42 Å². The van der Waals surface area contributed by atoms with E-state index >= 15 is 0 Å². The van der Waals surface area contributed by atoms with E-state index in [2.05, 4.69) is 35.8 Å². The van der Waals surface area contributed by atoms with Crippen LogP contribution in [0, 0.1) is 5.41 Å². The summed E-state index contributed by atoms with van der Waals surface area (Å²) in [6.07, 6.45) is 3.09. The van der Waals surface area contributed by atoms with Gasteiger partial charge in [-0.25, -0.2) is 0 Å². The van der Waals surface area contributed by atoms with E-state index in [0.717, 1.165) is 41.8 Å². The van der Waals surface area contributed by atoms with Gasteiger partial charge < -0.3 is 15.2 Å². The Bertz CT molecular complexity index is 419. The zero-order chi connectivity index (χ0) is 14.5. The van der Waals surface area contributed by atoms with E-state index in [1.165, 1.54) is 5.56 Å². The van der Waals surface area contributed by atoms with Gasteiger partial charge in [0.05, 0.1) is 14.2 Å². The van der Waals surface area contributed by atoms with Crippen LogP contribution in [0.2, 0.25) is 0 Å². The molecule has 3 nitrogen and oxygen atoms in total. The second-order valence-electron chi connectivity index (χ2n) is 5.48. The van der Waals surface area contributed by atoms with Crippen LogP contribution in [-0.4, -0.2) is 20.8 Å². The maximum Gasteiger partial charge on any atom is 0.139 e. The van der Waals surface area contributed by atoms with Crippen LogP contribution in [0.15, 0.2) is 16.6 Å². The van der Waals surface area contributed by atoms with Gasteiger partial charge in [0.2, 0.25) is 0 Å². The highest BCUT2D eigenvalue weighted by atomic mass is 79.9. The molecule has 19 heavy (non-hydrogen) atoms. The average Bonchev–Trinajstić information content (AvgIpc) is 2.36. The molecule has 0 aliphatic heterocycles. The van der Waals surface area contributed by atoms with Crippen molar-refractivity contribution in [1.29, 1.82) is 0 Å². The van der Waals surface area contributed by atoms with E-state index in [1.807, 2.05) is 6.07 Å². The standard InChI is InChI=1S/C15H24BrNO2/c1-15(2,9-10-17)8-7-11-5-6-12(18-3)13(16)14(11)19-4/h5-6H,7-10,17H2,1-4H3. The van der Waals surface area contributed by atoms with Crippen molar-refractivity contribution in [1.82, 2.24) is 0 Å². The maximum absolute atomic E-state index is 5.65. The van der Waals surface area contributed by atoms with Crippen molar-refractivity contribution >= 4 is 15.9 Å².